The Morgan fingerprint density at radius 1 is 0.625 bits per heavy atom. The van der Waals surface area contributed by atoms with Crippen molar-refractivity contribution in [3.8, 4) is 22.5 Å². The number of carbonyl (C=O) groups excluding carboxylic acids is 2. The van der Waals surface area contributed by atoms with Gasteiger partial charge in [0.05, 0.1) is 39.5 Å². The van der Waals surface area contributed by atoms with Gasteiger partial charge in [-0.1, -0.05) is 27.2 Å². The second-order valence-corrected chi connectivity index (χ2v) is 17.8. The first-order chi connectivity index (χ1) is 29.8. The normalized spacial score (nSPS) is 11.6. The minimum absolute atomic E-state index is 0.0157. The summed E-state index contributed by atoms with van der Waals surface area (Å²) in [7, 11) is 0. The lowest BCUT2D eigenvalue weighted by molar-refractivity contribution is 0.0624. The Morgan fingerprint density at radius 2 is 1.06 bits per heavy atom. The summed E-state index contributed by atoms with van der Waals surface area (Å²) in [6.45, 7) is 16.9. The highest BCUT2D eigenvalue weighted by Gasteiger charge is 2.23. The van der Waals surface area contributed by atoms with E-state index in [0.29, 0.717) is 61.3 Å². The number of benzene rings is 4. The van der Waals surface area contributed by atoms with Gasteiger partial charge < -0.3 is 23.1 Å². The fraction of sp³-hybridized carbons (Fsp3) is 0.255. The average Bonchev–Trinajstić information content (AvgIpc) is 3.50. The van der Waals surface area contributed by atoms with E-state index in [0.717, 1.165) is 11.1 Å². The number of nitrogens with zero attached hydrogens (tertiary/aromatic N) is 3. The van der Waals surface area contributed by atoms with E-state index in [1.165, 1.54) is 33.4 Å². The van der Waals surface area contributed by atoms with Crippen molar-refractivity contribution in [2.24, 2.45) is 0 Å². The van der Waals surface area contributed by atoms with Crippen LogP contribution in [0.15, 0.2) is 91.4 Å². The molecule has 0 bridgehead atoms. The molecule has 17 heteroatoms. The Kier molecular flexibility index (Phi) is 13.0. The lowest BCUT2D eigenvalue weighted by Gasteiger charge is -2.21. The number of rotatable bonds is 5. The quantitative estimate of drug-likeness (QED) is 0.162. The third-order valence-corrected chi connectivity index (χ3v) is 10.00. The SMILES string of the molecule is Cc1cc(=O)c2ccc(Br)cc2n1-c1cc(NC(=O)OC(C)(C)C)c(F)cc1F.Cc1noc(C)c1-c1ccc2c(=O)cc(C)n(-c3cc(NC(=O)OC(C)(C)C)c(F)cc3F)c2c1. The van der Waals surface area contributed by atoms with Crippen molar-refractivity contribution >= 4 is 61.3 Å². The molecule has 2 amide bonds. The summed E-state index contributed by atoms with van der Waals surface area (Å²) in [6.07, 6.45) is -1.74. The molecule has 0 radical (unpaired) electrons. The molecular weight excluding hydrogens is 902 g/mol. The molecule has 0 saturated carbocycles. The Balaban J connectivity index is 0.000000216. The van der Waals surface area contributed by atoms with E-state index in [9.17, 15) is 32.3 Å². The minimum atomic E-state index is -0.962. The summed E-state index contributed by atoms with van der Waals surface area (Å²) >= 11 is 3.35. The van der Waals surface area contributed by atoms with E-state index in [4.69, 9.17) is 14.0 Å². The molecule has 0 fully saturated rings. The first-order valence-corrected chi connectivity index (χ1v) is 20.5. The molecule has 7 rings (SSSR count). The van der Waals surface area contributed by atoms with Gasteiger partial charge in [0, 0.05) is 56.5 Å². The predicted octanol–water partition coefficient (Wildman–Crippen LogP) is 11.9. The predicted molar refractivity (Wildman–Crippen MR) is 241 cm³/mol. The maximum Gasteiger partial charge on any atom is 0.412 e. The van der Waals surface area contributed by atoms with Crippen molar-refractivity contribution in [3.63, 3.8) is 0 Å². The highest BCUT2D eigenvalue weighted by Crippen LogP contribution is 2.33. The largest absolute Gasteiger partial charge is 0.444 e. The molecule has 0 unspecified atom stereocenters. The van der Waals surface area contributed by atoms with Crippen LogP contribution in [0.5, 0.6) is 0 Å². The van der Waals surface area contributed by atoms with E-state index < -0.39 is 46.7 Å². The van der Waals surface area contributed by atoms with Crippen molar-refractivity contribution in [1.82, 2.24) is 14.3 Å². The van der Waals surface area contributed by atoms with Crippen LogP contribution in [0.2, 0.25) is 0 Å². The lowest BCUT2D eigenvalue weighted by Crippen LogP contribution is -2.27. The third-order valence-electron chi connectivity index (χ3n) is 9.50. The molecule has 2 N–H and O–H groups in total. The van der Waals surface area contributed by atoms with E-state index in [2.05, 4.69) is 31.7 Å². The molecule has 0 spiro atoms. The van der Waals surface area contributed by atoms with Crippen LogP contribution in [0, 0.1) is 51.0 Å². The van der Waals surface area contributed by atoms with E-state index in [1.807, 2.05) is 0 Å². The molecule has 4 aromatic carbocycles. The van der Waals surface area contributed by atoms with Gasteiger partial charge in [-0.2, -0.15) is 0 Å². The molecule has 3 heterocycles. The van der Waals surface area contributed by atoms with Crippen LogP contribution in [-0.2, 0) is 9.47 Å². The maximum atomic E-state index is 15.1. The second kappa shape index (κ2) is 17.8. The van der Waals surface area contributed by atoms with Crippen molar-refractivity contribution < 1.29 is 41.1 Å². The van der Waals surface area contributed by atoms with E-state index >= 15 is 4.39 Å². The molecule has 0 atom stereocenters. The van der Waals surface area contributed by atoms with E-state index in [1.54, 1.807) is 106 Å². The maximum absolute atomic E-state index is 15.1. The Labute approximate surface area is 372 Å². The number of amides is 2. The Hall–Kier alpha value is -6.75. The molecule has 0 aliphatic carbocycles. The smallest absolute Gasteiger partial charge is 0.412 e. The van der Waals surface area contributed by atoms with Crippen LogP contribution < -0.4 is 21.5 Å². The van der Waals surface area contributed by atoms with Crippen LogP contribution in [0.4, 0.5) is 38.5 Å². The van der Waals surface area contributed by atoms with Gasteiger partial charge >= 0.3 is 12.2 Å². The van der Waals surface area contributed by atoms with Crippen LogP contribution in [0.3, 0.4) is 0 Å². The summed E-state index contributed by atoms with van der Waals surface area (Å²) in [5.74, 6) is -3.02. The highest BCUT2D eigenvalue weighted by atomic mass is 79.9. The number of aromatic nitrogens is 3. The topological polar surface area (TPSA) is 147 Å². The minimum Gasteiger partial charge on any atom is -0.444 e. The number of hydrogen-bond donors (Lipinski definition) is 2. The number of nitrogens with one attached hydrogen (secondary N) is 2. The summed E-state index contributed by atoms with van der Waals surface area (Å²) in [6, 6.07) is 16.6. The highest BCUT2D eigenvalue weighted by molar-refractivity contribution is 9.10. The number of pyridine rings is 2. The standard InChI is InChI=1S/C26H25F2N3O4.C21H19BrF2N2O3/c1-13-9-23(32)17-8-7-16(24-14(2)30-35-15(24)3)10-21(17)31(13)22-12-20(18(27)11-19(22)28)29-25(33)34-26(4,5)6;1-11-7-19(27)13-6-5-12(22)8-17(13)26(11)18-10-16(14(23)9-15(18)24)25-20(28)29-21(2,3)4/h7-12H,1-6H3,(H,29,33);5-10H,1-4H3,(H,25,28). The first kappa shape index (κ1) is 46.7. The summed E-state index contributed by atoms with van der Waals surface area (Å²) in [5.41, 5.74) is 1.28. The van der Waals surface area contributed by atoms with Gasteiger partial charge in [0.1, 0.15) is 40.2 Å². The number of anilines is 2. The number of halogens is 5. The Bertz CT molecular complexity index is 3110. The summed E-state index contributed by atoms with van der Waals surface area (Å²) < 4.78 is 78.0. The Morgan fingerprint density at radius 3 is 1.48 bits per heavy atom. The van der Waals surface area contributed by atoms with Gasteiger partial charge in [-0.15, -0.1) is 0 Å². The van der Waals surface area contributed by atoms with Crippen molar-refractivity contribution in [2.75, 3.05) is 10.6 Å². The number of hydrogen-bond acceptors (Lipinski definition) is 8. The molecule has 0 aliphatic heterocycles. The van der Waals surface area contributed by atoms with Gasteiger partial charge in [-0.3, -0.25) is 20.2 Å². The zero-order valence-corrected chi connectivity index (χ0v) is 38.1. The fourth-order valence-electron chi connectivity index (χ4n) is 6.99. The summed E-state index contributed by atoms with van der Waals surface area (Å²) in [5, 5.41) is 9.34. The van der Waals surface area contributed by atoms with Gasteiger partial charge in [-0.25, -0.2) is 27.2 Å². The molecule has 0 saturated heterocycles. The van der Waals surface area contributed by atoms with E-state index in [-0.39, 0.29) is 33.6 Å². The molecule has 334 valence electrons. The molecule has 3 aromatic heterocycles. The van der Waals surface area contributed by atoms with Gasteiger partial charge in [0.25, 0.3) is 0 Å². The average molecular weight is 947 g/mol. The fourth-order valence-corrected chi connectivity index (χ4v) is 7.34. The van der Waals surface area contributed by atoms with Crippen molar-refractivity contribution in [2.45, 2.75) is 80.4 Å². The molecule has 64 heavy (non-hydrogen) atoms. The molecule has 7 aromatic rings. The first-order valence-electron chi connectivity index (χ1n) is 19.7. The van der Waals surface area contributed by atoms with Gasteiger partial charge in [-0.05, 0) is 117 Å². The van der Waals surface area contributed by atoms with Crippen LogP contribution >= 0.6 is 15.9 Å². The van der Waals surface area contributed by atoms with Crippen LogP contribution in [-0.4, -0.2) is 37.7 Å². The van der Waals surface area contributed by atoms with Gasteiger partial charge in [0.2, 0.25) is 0 Å². The third kappa shape index (κ3) is 10.2. The number of ether oxygens (including phenoxy) is 2. The van der Waals surface area contributed by atoms with Crippen molar-refractivity contribution in [1.29, 1.82) is 0 Å². The lowest BCUT2D eigenvalue weighted by atomic mass is 10.0. The van der Waals surface area contributed by atoms with Crippen LogP contribution in [0.25, 0.3) is 44.3 Å². The number of aryl methyl sites for hydroxylation is 4. The molecule has 12 nitrogen and oxygen atoms in total. The molecule has 0 aliphatic rings. The summed E-state index contributed by atoms with van der Waals surface area (Å²) in [4.78, 5) is 49.3. The zero-order valence-electron chi connectivity index (χ0n) is 36.5. The second-order valence-electron chi connectivity index (χ2n) is 16.9. The molecular formula is C47H44BrF4N5O7. The van der Waals surface area contributed by atoms with Gasteiger partial charge in [0.15, 0.2) is 10.9 Å². The monoisotopic (exact) mass is 945 g/mol. The number of fused-ring (bicyclic) bond motifs is 2. The zero-order chi connectivity index (χ0) is 47.2. The number of carbonyl (C=O) groups is 2. The van der Waals surface area contributed by atoms with Crippen molar-refractivity contribution in [3.05, 3.63) is 144 Å². The van der Waals surface area contributed by atoms with Crippen LogP contribution in [0.1, 0.15) is 64.4 Å².